The van der Waals surface area contributed by atoms with Gasteiger partial charge in [-0.05, 0) is 19.8 Å². The minimum atomic E-state index is -1.05. The zero-order chi connectivity index (χ0) is 9.42. The van der Waals surface area contributed by atoms with Crippen LogP contribution in [0.25, 0.3) is 0 Å². The fourth-order valence-corrected chi connectivity index (χ4v) is 1.65. The standard InChI is InChI=1S/C8H11N3O2/c1-5-3-2-4-6-9-7(8(12)13)10-11(5)6/h5H,2-4H2,1H3,(H,12,13). The Morgan fingerprint density at radius 1 is 1.69 bits per heavy atom. The van der Waals surface area contributed by atoms with Gasteiger partial charge in [-0.1, -0.05) is 0 Å². The Bertz CT molecular complexity index is 345. The van der Waals surface area contributed by atoms with Crippen molar-refractivity contribution in [1.29, 1.82) is 0 Å². The molecule has 0 fully saturated rings. The van der Waals surface area contributed by atoms with Crippen LogP contribution in [0.15, 0.2) is 0 Å². The minimum Gasteiger partial charge on any atom is -0.475 e. The van der Waals surface area contributed by atoms with Gasteiger partial charge in [0.25, 0.3) is 5.82 Å². The van der Waals surface area contributed by atoms with Crippen molar-refractivity contribution in [2.45, 2.75) is 32.2 Å². The van der Waals surface area contributed by atoms with Gasteiger partial charge < -0.3 is 5.11 Å². The van der Waals surface area contributed by atoms with Gasteiger partial charge in [-0.15, -0.1) is 5.10 Å². The van der Waals surface area contributed by atoms with Crippen molar-refractivity contribution in [3.05, 3.63) is 11.6 Å². The predicted octanol–water partition coefficient (Wildman–Crippen LogP) is 0.874. The quantitative estimate of drug-likeness (QED) is 0.698. The van der Waals surface area contributed by atoms with Gasteiger partial charge in [-0.25, -0.2) is 14.5 Å². The summed E-state index contributed by atoms with van der Waals surface area (Å²) in [6.07, 6.45) is 2.96. The van der Waals surface area contributed by atoms with Crippen LogP contribution in [0, 0.1) is 0 Å². The topological polar surface area (TPSA) is 68.0 Å². The summed E-state index contributed by atoms with van der Waals surface area (Å²) in [5.74, 6) is -0.325. The van der Waals surface area contributed by atoms with Crippen LogP contribution in [0.4, 0.5) is 0 Å². The third-order valence-electron chi connectivity index (χ3n) is 2.33. The van der Waals surface area contributed by atoms with Gasteiger partial charge in [0.05, 0.1) is 6.04 Å². The molecular formula is C8H11N3O2. The van der Waals surface area contributed by atoms with Crippen molar-refractivity contribution in [2.24, 2.45) is 0 Å². The van der Waals surface area contributed by atoms with E-state index in [1.807, 2.05) is 6.92 Å². The van der Waals surface area contributed by atoms with E-state index >= 15 is 0 Å². The van der Waals surface area contributed by atoms with Crippen LogP contribution < -0.4 is 0 Å². The Morgan fingerprint density at radius 3 is 3.08 bits per heavy atom. The molecule has 0 saturated heterocycles. The number of hydrogen-bond donors (Lipinski definition) is 1. The summed E-state index contributed by atoms with van der Waals surface area (Å²) in [6, 6.07) is 0.282. The van der Waals surface area contributed by atoms with E-state index in [0.29, 0.717) is 0 Å². The second-order valence-corrected chi connectivity index (χ2v) is 3.34. The van der Waals surface area contributed by atoms with Crippen molar-refractivity contribution in [3.8, 4) is 0 Å². The normalized spacial score (nSPS) is 21.2. The number of carboxylic acids is 1. The van der Waals surface area contributed by atoms with E-state index in [2.05, 4.69) is 10.1 Å². The van der Waals surface area contributed by atoms with Crippen LogP contribution in [0.3, 0.4) is 0 Å². The zero-order valence-corrected chi connectivity index (χ0v) is 7.40. The highest BCUT2D eigenvalue weighted by Crippen LogP contribution is 2.21. The van der Waals surface area contributed by atoms with Gasteiger partial charge in [0.1, 0.15) is 5.82 Å². The fraction of sp³-hybridized carbons (Fsp3) is 0.625. The lowest BCUT2D eigenvalue weighted by molar-refractivity contribution is 0.0683. The molecule has 0 aliphatic carbocycles. The van der Waals surface area contributed by atoms with E-state index < -0.39 is 5.97 Å². The number of nitrogens with zero attached hydrogens (tertiary/aromatic N) is 3. The van der Waals surface area contributed by atoms with Crippen LogP contribution in [0.1, 0.15) is 42.3 Å². The number of carbonyl (C=O) groups is 1. The second kappa shape index (κ2) is 2.83. The molecule has 0 amide bonds. The number of aromatic nitrogens is 3. The zero-order valence-electron chi connectivity index (χ0n) is 7.40. The van der Waals surface area contributed by atoms with Gasteiger partial charge in [0.15, 0.2) is 0 Å². The summed E-state index contributed by atoms with van der Waals surface area (Å²) in [5.41, 5.74) is 0. The first-order valence-electron chi connectivity index (χ1n) is 4.37. The summed E-state index contributed by atoms with van der Waals surface area (Å²) in [7, 11) is 0. The summed E-state index contributed by atoms with van der Waals surface area (Å²) >= 11 is 0. The van der Waals surface area contributed by atoms with E-state index in [1.54, 1.807) is 4.68 Å². The molecule has 1 N–H and O–H groups in total. The second-order valence-electron chi connectivity index (χ2n) is 3.34. The Hall–Kier alpha value is -1.39. The van der Waals surface area contributed by atoms with Gasteiger partial charge in [0.2, 0.25) is 0 Å². The van der Waals surface area contributed by atoms with Crippen LogP contribution in [-0.4, -0.2) is 25.8 Å². The Balaban J connectivity index is 2.42. The molecule has 13 heavy (non-hydrogen) atoms. The van der Waals surface area contributed by atoms with E-state index in [0.717, 1.165) is 25.1 Å². The molecule has 1 aromatic heterocycles. The van der Waals surface area contributed by atoms with Gasteiger partial charge >= 0.3 is 5.97 Å². The average molecular weight is 181 g/mol. The Kier molecular flexibility index (Phi) is 1.79. The SMILES string of the molecule is CC1CCCc2nc(C(=O)O)nn21. The number of aromatic carboxylic acids is 1. The molecular weight excluding hydrogens is 170 g/mol. The monoisotopic (exact) mass is 181 g/mol. The maximum atomic E-state index is 10.6. The third-order valence-corrected chi connectivity index (χ3v) is 2.33. The Labute approximate surface area is 75.4 Å². The van der Waals surface area contributed by atoms with E-state index in [4.69, 9.17) is 5.11 Å². The highest BCUT2D eigenvalue weighted by Gasteiger charge is 2.21. The minimum absolute atomic E-state index is 0.0799. The van der Waals surface area contributed by atoms with E-state index in [-0.39, 0.29) is 11.9 Å². The predicted molar refractivity (Wildman–Crippen MR) is 44.6 cm³/mol. The average Bonchev–Trinajstić information content (AvgIpc) is 2.49. The molecule has 5 heteroatoms. The fourth-order valence-electron chi connectivity index (χ4n) is 1.65. The molecule has 0 bridgehead atoms. The van der Waals surface area contributed by atoms with Crippen molar-refractivity contribution < 1.29 is 9.90 Å². The molecule has 1 unspecified atom stereocenters. The van der Waals surface area contributed by atoms with Crippen molar-refractivity contribution in [2.75, 3.05) is 0 Å². The summed E-state index contributed by atoms with van der Waals surface area (Å²) in [5, 5.41) is 12.6. The molecule has 1 aromatic rings. The Morgan fingerprint density at radius 2 is 2.46 bits per heavy atom. The molecule has 2 rings (SSSR count). The molecule has 70 valence electrons. The first kappa shape index (κ1) is 8.22. The van der Waals surface area contributed by atoms with Crippen LogP contribution in [0.5, 0.6) is 0 Å². The maximum Gasteiger partial charge on any atom is 0.375 e. The maximum absolute atomic E-state index is 10.6. The molecule has 0 aromatic carbocycles. The molecule has 5 nitrogen and oxygen atoms in total. The summed E-state index contributed by atoms with van der Waals surface area (Å²) in [4.78, 5) is 14.5. The number of fused-ring (bicyclic) bond motifs is 1. The highest BCUT2D eigenvalue weighted by molar-refractivity contribution is 5.82. The first-order chi connectivity index (χ1) is 6.18. The number of hydrogen-bond acceptors (Lipinski definition) is 3. The third kappa shape index (κ3) is 1.30. The largest absolute Gasteiger partial charge is 0.475 e. The van der Waals surface area contributed by atoms with E-state index in [1.165, 1.54) is 0 Å². The van der Waals surface area contributed by atoms with E-state index in [9.17, 15) is 4.79 Å². The number of carboxylic acid groups (broad SMARTS) is 1. The number of aryl methyl sites for hydroxylation is 1. The van der Waals surface area contributed by atoms with Crippen LogP contribution >= 0.6 is 0 Å². The molecule has 0 saturated carbocycles. The summed E-state index contributed by atoms with van der Waals surface area (Å²) in [6.45, 7) is 2.03. The van der Waals surface area contributed by atoms with Gasteiger partial charge in [0, 0.05) is 6.42 Å². The molecule has 1 aliphatic rings. The van der Waals surface area contributed by atoms with Crippen molar-refractivity contribution in [1.82, 2.24) is 14.8 Å². The van der Waals surface area contributed by atoms with Crippen molar-refractivity contribution in [3.63, 3.8) is 0 Å². The van der Waals surface area contributed by atoms with Gasteiger partial charge in [-0.2, -0.15) is 0 Å². The lowest BCUT2D eigenvalue weighted by atomic mass is 10.1. The molecule has 2 heterocycles. The molecule has 0 spiro atoms. The molecule has 0 radical (unpaired) electrons. The van der Waals surface area contributed by atoms with Gasteiger partial charge in [-0.3, -0.25) is 0 Å². The van der Waals surface area contributed by atoms with Crippen LogP contribution in [-0.2, 0) is 6.42 Å². The smallest absolute Gasteiger partial charge is 0.375 e. The first-order valence-corrected chi connectivity index (χ1v) is 4.37. The molecule has 1 atom stereocenters. The number of rotatable bonds is 1. The lowest BCUT2D eigenvalue weighted by Gasteiger charge is -2.18. The lowest BCUT2D eigenvalue weighted by Crippen LogP contribution is -2.16. The van der Waals surface area contributed by atoms with Crippen molar-refractivity contribution >= 4 is 5.97 Å². The molecule has 1 aliphatic heterocycles. The van der Waals surface area contributed by atoms with Crippen LogP contribution in [0.2, 0.25) is 0 Å². The highest BCUT2D eigenvalue weighted by atomic mass is 16.4. The summed E-state index contributed by atoms with van der Waals surface area (Å²) < 4.78 is 1.73.